The van der Waals surface area contributed by atoms with E-state index in [4.69, 9.17) is 16.3 Å². The molecule has 0 fully saturated rings. The van der Waals surface area contributed by atoms with E-state index >= 15 is 0 Å². The Labute approximate surface area is 68.0 Å². The molecule has 2 atom stereocenters. The smallest absolute Gasteiger partial charge is 0.0726 e. The van der Waals surface area contributed by atoms with Gasteiger partial charge in [0.25, 0.3) is 0 Å². The van der Waals surface area contributed by atoms with Crippen molar-refractivity contribution in [2.75, 3.05) is 7.11 Å². The van der Waals surface area contributed by atoms with E-state index in [0.717, 1.165) is 5.57 Å². The molecule has 0 bridgehead atoms. The standard InChI is InChI=1S/C8H15ClO/c1-6(8(3)9)5-7(2)10-4/h5,7-8H,1-4H3/b6-5-. The molecule has 0 aliphatic carbocycles. The van der Waals surface area contributed by atoms with E-state index in [0.29, 0.717) is 0 Å². The van der Waals surface area contributed by atoms with Crippen LogP contribution in [0, 0.1) is 0 Å². The first-order valence-corrected chi connectivity index (χ1v) is 3.86. The van der Waals surface area contributed by atoms with Gasteiger partial charge in [-0.1, -0.05) is 11.6 Å². The van der Waals surface area contributed by atoms with Crippen LogP contribution in [0.1, 0.15) is 20.8 Å². The molecule has 0 saturated carbocycles. The zero-order valence-electron chi connectivity index (χ0n) is 7.02. The predicted molar refractivity (Wildman–Crippen MR) is 45.5 cm³/mol. The molecule has 0 aliphatic rings. The second-order valence-electron chi connectivity index (χ2n) is 2.47. The highest BCUT2D eigenvalue weighted by atomic mass is 35.5. The highest BCUT2D eigenvalue weighted by Gasteiger charge is 2.00. The zero-order chi connectivity index (χ0) is 8.15. The Morgan fingerprint density at radius 1 is 1.50 bits per heavy atom. The number of halogens is 1. The highest BCUT2D eigenvalue weighted by Crippen LogP contribution is 2.09. The quantitative estimate of drug-likeness (QED) is 0.458. The second-order valence-corrected chi connectivity index (χ2v) is 3.12. The minimum absolute atomic E-state index is 0.109. The van der Waals surface area contributed by atoms with Gasteiger partial charge in [-0.25, -0.2) is 0 Å². The average molecular weight is 163 g/mol. The van der Waals surface area contributed by atoms with Crippen molar-refractivity contribution in [3.63, 3.8) is 0 Å². The van der Waals surface area contributed by atoms with E-state index in [2.05, 4.69) is 0 Å². The summed E-state index contributed by atoms with van der Waals surface area (Å²) in [4.78, 5) is 0. The van der Waals surface area contributed by atoms with Gasteiger partial charge in [-0.3, -0.25) is 0 Å². The summed E-state index contributed by atoms with van der Waals surface area (Å²) in [6.45, 7) is 5.95. The summed E-state index contributed by atoms with van der Waals surface area (Å²) >= 11 is 5.81. The van der Waals surface area contributed by atoms with Crippen LogP contribution in [0.2, 0.25) is 0 Å². The molecule has 1 nitrogen and oxygen atoms in total. The molecular formula is C8H15ClO. The largest absolute Gasteiger partial charge is 0.378 e. The zero-order valence-corrected chi connectivity index (χ0v) is 7.77. The number of allylic oxidation sites excluding steroid dienone is 1. The maximum atomic E-state index is 5.81. The Morgan fingerprint density at radius 2 is 2.00 bits per heavy atom. The molecule has 0 heterocycles. The Morgan fingerprint density at radius 3 is 2.30 bits per heavy atom. The fraction of sp³-hybridized carbons (Fsp3) is 0.750. The summed E-state index contributed by atoms with van der Waals surface area (Å²) in [5.74, 6) is 0. The van der Waals surface area contributed by atoms with Crippen molar-refractivity contribution in [2.45, 2.75) is 32.3 Å². The summed E-state index contributed by atoms with van der Waals surface area (Å²) in [6.07, 6.45) is 2.19. The number of alkyl halides is 1. The van der Waals surface area contributed by atoms with Crippen LogP contribution in [0.4, 0.5) is 0 Å². The van der Waals surface area contributed by atoms with Gasteiger partial charge in [-0.2, -0.15) is 0 Å². The number of hydrogen-bond donors (Lipinski definition) is 0. The van der Waals surface area contributed by atoms with Crippen molar-refractivity contribution in [2.24, 2.45) is 0 Å². The Bertz CT molecular complexity index is 118. The molecule has 2 heteroatoms. The van der Waals surface area contributed by atoms with Crippen LogP contribution in [-0.2, 0) is 4.74 Å². The van der Waals surface area contributed by atoms with Gasteiger partial charge in [0.2, 0.25) is 0 Å². The van der Waals surface area contributed by atoms with Crippen molar-refractivity contribution in [1.29, 1.82) is 0 Å². The van der Waals surface area contributed by atoms with E-state index in [-0.39, 0.29) is 11.5 Å². The number of rotatable bonds is 3. The first-order valence-electron chi connectivity index (χ1n) is 3.43. The molecule has 0 radical (unpaired) electrons. The second kappa shape index (κ2) is 4.75. The number of ether oxygens (including phenoxy) is 1. The lowest BCUT2D eigenvalue weighted by Gasteiger charge is -2.07. The van der Waals surface area contributed by atoms with Crippen LogP contribution in [0.3, 0.4) is 0 Å². The first-order chi connectivity index (χ1) is 4.57. The Balaban J connectivity index is 3.89. The van der Waals surface area contributed by atoms with Crippen molar-refractivity contribution in [3.05, 3.63) is 11.6 Å². The lowest BCUT2D eigenvalue weighted by Crippen LogP contribution is -2.03. The molecule has 10 heavy (non-hydrogen) atoms. The fourth-order valence-corrected chi connectivity index (χ4v) is 0.644. The van der Waals surface area contributed by atoms with E-state index in [9.17, 15) is 0 Å². The van der Waals surface area contributed by atoms with E-state index in [1.165, 1.54) is 0 Å². The van der Waals surface area contributed by atoms with Gasteiger partial charge in [0.15, 0.2) is 0 Å². The molecule has 0 aromatic rings. The predicted octanol–water partition coefficient (Wildman–Crippen LogP) is 2.59. The van der Waals surface area contributed by atoms with Gasteiger partial charge in [0.1, 0.15) is 0 Å². The van der Waals surface area contributed by atoms with E-state index in [1.807, 2.05) is 26.8 Å². The molecule has 2 unspecified atom stereocenters. The van der Waals surface area contributed by atoms with Gasteiger partial charge in [0, 0.05) is 7.11 Å². The lowest BCUT2D eigenvalue weighted by atomic mass is 10.2. The topological polar surface area (TPSA) is 9.23 Å². The summed E-state index contributed by atoms with van der Waals surface area (Å²) in [7, 11) is 1.69. The third kappa shape index (κ3) is 3.91. The van der Waals surface area contributed by atoms with Crippen LogP contribution in [-0.4, -0.2) is 18.6 Å². The summed E-state index contributed by atoms with van der Waals surface area (Å²) < 4.78 is 5.04. The molecular weight excluding hydrogens is 148 g/mol. The number of methoxy groups -OCH3 is 1. The van der Waals surface area contributed by atoms with Crippen molar-refractivity contribution in [1.82, 2.24) is 0 Å². The molecule has 0 aromatic heterocycles. The van der Waals surface area contributed by atoms with Crippen molar-refractivity contribution >= 4 is 11.6 Å². The average Bonchev–Trinajstić information content (AvgIpc) is 1.87. The lowest BCUT2D eigenvalue weighted by molar-refractivity contribution is 0.155. The van der Waals surface area contributed by atoms with Crippen LogP contribution in [0.15, 0.2) is 11.6 Å². The highest BCUT2D eigenvalue weighted by molar-refractivity contribution is 6.22. The van der Waals surface area contributed by atoms with Crippen LogP contribution < -0.4 is 0 Å². The third-order valence-corrected chi connectivity index (χ3v) is 1.84. The van der Waals surface area contributed by atoms with Crippen LogP contribution in [0.25, 0.3) is 0 Å². The molecule has 0 aromatic carbocycles. The van der Waals surface area contributed by atoms with E-state index < -0.39 is 0 Å². The molecule has 0 saturated heterocycles. The molecule has 0 amide bonds. The van der Waals surface area contributed by atoms with Crippen LogP contribution >= 0.6 is 11.6 Å². The van der Waals surface area contributed by atoms with Gasteiger partial charge in [-0.15, -0.1) is 11.6 Å². The monoisotopic (exact) mass is 162 g/mol. The van der Waals surface area contributed by atoms with E-state index in [1.54, 1.807) is 7.11 Å². The molecule has 0 rings (SSSR count). The van der Waals surface area contributed by atoms with Gasteiger partial charge < -0.3 is 4.74 Å². The van der Waals surface area contributed by atoms with Crippen LogP contribution in [0.5, 0.6) is 0 Å². The summed E-state index contributed by atoms with van der Waals surface area (Å²) in [5, 5.41) is 0.109. The molecule has 0 N–H and O–H groups in total. The number of hydrogen-bond acceptors (Lipinski definition) is 1. The first kappa shape index (κ1) is 9.99. The normalized spacial score (nSPS) is 18.7. The fourth-order valence-electron chi connectivity index (χ4n) is 0.571. The summed E-state index contributed by atoms with van der Waals surface area (Å²) in [5.41, 5.74) is 1.16. The molecule has 0 aliphatic heterocycles. The van der Waals surface area contributed by atoms with Gasteiger partial charge in [0.05, 0.1) is 11.5 Å². The maximum absolute atomic E-state index is 5.81. The minimum Gasteiger partial charge on any atom is -0.378 e. The van der Waals surface area contributed by atoms with Gasteiger partial charge in [-0.05, 0) is 20.8 Å². The SMILES string of the molecule is COC(C)/C=C(/C)C(C)Cl. The molecule has 60 valence electrons. The Hall–Kier alpha value is -0.0100. The minimum atomic E-state index is 0.109. The molecule has 0 spiro atoms. The summed E-state index contributed by atoms with van der Waals surface area (Å²) in [6, 6.07) is 0. The third-order valence-electron chi connectivity index (χ3n) is 1.50. The van der Waals surface area contributed by atoms with Crippen molar-refractivity contribution < 1.29 is 4.74 Å². The maximum Gasteiger partial charge on any atom is 0.0726 e. The van der Waals surface area contributed by atoms with Gasteiger partial charge >= 0.3 is 0 Å². The Kier molecular flexibility index (Phi) is 4.75. The van der Waals surface area contributed by atoms with Crippen molar-refractivity contribution in [3.8, 4) is 0 Å².